The van der Waals surface area contributed by atoms with Gasteiger partial charge in [0.2, 0.25) is 10.0 Å². The molecule has 0 radical (unpaired) electrons. The number of nitrogens with zero attached hydrogens (tertiary/aromatic N) is 3. The third-order valence-corrected chi connectivity index (χ3v) is 6.20. The van der Waals surface area contributed by atoms with Gasteiger partial charge in [-0.05, 0) is 32.4 Å². The molecule has 2 fully saturated rings. The lowest BCUT2D eigenvalue weighted by Crippen LogP contribution is -2.40. The lowest BCUT2D eigenvalue weighted by molar-refractivity contribution is 0.273. The maximum Gasteiger partial charge on any atom is 0.214 e. The third-order valence-electron chi connectivity index (χ3n) is 4.25. The monoisotopic (exact) mass is 445 g/mol. The van der Waals surface area contributed by atoms with Gasteiger partial charge in [0.05, 0.1) is 12.3 Å². The zero-order valence-electron chi connectivity index (χ0n) is 13.2. The Morgan fingerprint density at radius 3 is 2.77 bits per heavy atom. The summed E-state index contributed by atoms with van der Waals surface area (Å²) in [5, 5.41) is 3.01. The van der Waals surface area contributed by atoms with Crippen molar-refractivity contribution in [3.05, 3.63) is 0 Å². The van der Waals surface area contributed by atoms with Crippen LogP contribution in [0.25, 0.3) is 0 Å². The predicted octanol–water partition coefficient (Wildman–Crippen LogP) is 0.0285. The van der Waals surface area contributed by atoms with Crippen molar-refractivity contribution >= 4 is 40.0 Å². The number of nitrogens with two attached hydrogens (primary N) is 1. The van der Waals surface area contributed by atoms with Crippen LogP contribution < -0.4 is 11.1 Å². The highest BCUT2D eigenvalue weighted by Crippen LogP contribution is 2.16. The fraction of sp³-hybridized carbons (Fsp3) is 0.923. The molecule has 9 heteroatoms. The number of guanidine groups is 1. The Morgan fingerprint density at radius 2 is 2.14 bits per heavy atom. The Bertz CT molecular complexity index is 471. The number of likely N-dealkylation sites (tertiary alicyclic amines) is 1. The SMILES string of the molecule is CCN1CCCC1CN=C(N)NCCN1CCCS1(=O)=O.I. The van der Waals surface area contributed by atoms with Crippen LogP contribution in [0.4, 0.5) is 0 Å². The normalized spacial score (nSPS) is 26.0. The van der Waals surface area contributed by atoms with E-state index < -0.39 is 10.0 Å². The van der Waals surface area contributed by atoms with Crippen molar-refractivity contribution < 1.29 is 8.42 Å². The smallest absolute Gasteiger partial charge is 0.214 e. The average Bonchev–Trinajstić information content (AvgIpc) is 3.03. The Morgan fingerprint density at radius 1 is 1.36 bits per heavy atom. The zero-order valence-corrected chi connectivity index (χ0v) is 16.3. The average molecular weight is 445 g/mol. The molecule has 0 spiro atoms. The van der Waals surface area contributed by atoms with Gasteiger partial charge in [0.25, 0.3) is 0 Å². The molecule has 0 amide bonds. The summed E-state index contributed by atoms with van der Waals surface area (Å²) < 4.78 is 24.8. The molecule has 130 valence electrons. The van der Waals surface area contributed by atoms with Gasteiger partial charge in [-0.3, -0.25) is 9.89 Å². The molecule has 7 nitrogen and oxygen atoms in total. The second kappa shape index (κ2) is 9.24. The Labute approximate surface area is 150 Å². The maximum absolute atomic E-state index is 11.6. The van der Waals surface area contributed by atoms with Crippen LogP contribution in [0, 0.1) is 0 Å². The standard InChI is InChI=1S/C13H27N5O2S.HI/c1-2-17-7-3-5-12(17)11-16-13(14)15-6-9-18-8-4-10-21(18,19)20;/h12H,2-11H2,1H3,(H3,14,15,16);1H. The van der Waals surface area contributed by atoms with E-state index in [2.05, 4.69) is 22.1 Å². The second-order valence-electron chi connectivity index (χ2n) is 5.65. The molecule has 2 saturated heterocycles. The van der Waals surface area contributed by atoms with E-state index in [9.17, 15) is 8.42 Å². The molecule has 0 aromatic heterocycles. The van der Waals surface area contributed by atoms with Gasteiger partial charge in [0.15, 0.2) is 5.96 Å². The molecule has 2 heterocycles. The van der Waals surface area contributed by atoms with Gasteiger partial charge >= 0.3 is 0 Å². The number of hydrogen-bond acceptors (Lipinski definition) is 4. The van der Waals surface area contributed by atoms with E-state index in [-0.39, 0.29) is 29.7 Å². The molecule has 0 bridgehead atoms. The molecule has 3 N–H and O–H groups in total. The summed E-state index contributed by atoms with van der Waals surface area (Å²) in [5.74, 6) is 0.681. The number of rotatable bonds is 6. The molecule has 22 heavy (non-hydrogen) atoms. The first-order valence-electron chi connectivity index (χ1n) is 7.78. The van der Waals surface area contributed by atoms with Crippen molar-refractivity contribution in [1.29, 1.82) is 0 Å². The van der Waals surface area contributed by atoms with Gasteiger partial charge in [-0.15, -0.1) is 24.0 Å². The minimum absolute atomic E-state index is 0. The summed E-state index contributed by atoms with van der Waals surface area (Å²) in [4.78, 5) is 6.80. The molecular formula is C13H28IN5O2S. The highest BCUT2D eigenvalue weighted by atomic mass is 127. The quantitative estimate of drug-likeness (QED) is 0.342. The van der Waals surface area contributed by atoms with Crippen LogP contribution in [-0.4, -0.2) is 74.6 Å². The number of nitrogens with one attached hydrogen (secondary N) is 1. The molecule has 2 aliphatic rings. The first-order valence-corrected chi connectivity index (χ1v) is 9.39. The fourth-order valence-corrected chi connectivity index (χ4v) is 4.56. The molecule has 2 aliphatic heterocycles. The number of hydrogen-bond donors (Lipinski definition) is 2. The molecule has 0 aliphatic carbocycles. The van der Waals surface area contributed by atoms with Gasteiger partial charge in [-0.2, -0.15) is 0 Å². The molecule has 0 aromatic rings. The fourth-order valence-electron chi connectivity index (χ4n) is 3.03. The minimum atomic E-state index is -3.02. The largest absolute Gasteiger partial charge is 0.370 e. The van der Waals surface area contributed by atoms with Crippen LogP contribution in [0.2, 0.25) is 0 Å². The van der Waals surface area contributed by atoms with Crippen LogP contribution >= 0.6 is 24.0 Å². The minimum Gasteiger partial charge on any atom is -0.370 e. The Hall–Kier alpha value is -0.130. The van der Waals surface area contributed by atoms with E-state index in [1.165, 1.54) is 17.1 Å². The second-order valence-corrected chi connectivity index (χ2v) is 7.73. The van der Waals surface area contributed by atoms with Gasteiger partial charge in [-0.1, -0.05) is 6.92 Å². The highest BCUT2D eigenvalue weighted by Gasteiger charge is 2.27. The number of sulfonamides is 1. The molecule has 1 unspecified atom stereocenters. The predicted molar refractivity (Wildman–Crippen MR) is 100 cm³/mol. The van der Waals surface area contributed by atoms with Crippen LogP contribution in [0.1, 0.15) is 26.2 Å². The van der Waals surface area contributed by atoms with Crippen LogP contribution in [0.3, 0.4) is 0 Å². The first kappa shape index (κ1) is 19.9. The number of aliphatic imine (C=N–C) groups is 1. The summed E-state index contributed by atoms with van der Waals surface area (Å²) in [6, 6.07) is 0.495. The van der Waals surface area contributed by atoms with E-state index in [0.717, 1.165) is 19.5 Å². The van der Waals surface area contributed by atoms with E-state index in [1.807, 2.05) is 0 Å². The lowest BCUT2D eigenvalue weighted by atomic mass is 10.2. The number of halogens is 1. The Kier molecular flexibility index (Phi) is 8.36. The summed E-state index contributed by atoms with van der Waals surface area (Å²) >= 11 is 0. The van der Waals surface area contributed by atoms with E-state index in [4.69, 9.17) is 5.73 Å². The van der Waals surface area contributed by atoms with Crippen molar-refractivity contribution in [2.45, 2.75) is 32.2 Å². The summed E-state index contributed by atoms with van der Waals surface area (Å²) in [6.07, 6.45) is 3.13. The van der Waals surface area contributed by atoms with Gasteiger partial charge in [0.1, 0.15) is 0 Å². The number of likely N-dealkylation sites (N-methyl/N-ethyl adjacent to an activating group) is 1. The lowest BCUT2D eigenvalue weighted by Gasteiger charge is -2.21. The zero-order chi connectivity index (χ0) is 15.3. The maximum atomic E-state index is 11.6. The van der Waals surface area contributed by atoms with Crippen LogP contribution in [0.15, 0.2) is 4.99 Å². The van der Waals surface area contributed by atoms with Crippen LogP contribution in [0.5, 0.6) is 0 Å². The van der Waals surface area contributed by atoms with E-state index in [1.54, 1.807) is 0 Å². The van der Waals surface area contributed by atoms with Crippen molar-refractivity contribution in [2.24, 2.45) is 10.7 Å². The molecule has 0 aromatic carbocycles. The first-order chi connectivity index (χ1) is 10.0. The van der Waals surface area contributed by atoms with Gasteiger partial charge in [0, 0.05) is 25.7 Å². The van der Waals surface area contributed by atoms with E-state index >= 15 is 0 Å². The molecule has 0 saturated carbocycles. The van der Waals surface area contributed by atoms with Crippen molar-refractivity contribution in [3.63, 3.8) is 0 Å². The van der Waals surface area contributed by atoms with Crippen LogP contribution in [-0.2, 0) is 10.0 Å². The molecular weight excluding hydrogens is 417 g/mol. The molecule has 1 atom stereocenters. The topological polar surface area (TPSA) is 91.0 Å². The summed E-state index contributed by atoms with van der Waals surface area (Å²) in [6.45, 7) is 6.68. The summed E-state index contributed by atoms with van der Waals surface area (Å²) in [7, 11) is -3.02. The third kappa shape index (κ3) is 5.50. The van der Waals surface area contributed by atoms with Crippen molar-refractivity contribution in [2.75, 3.05) is 45.0 Å². The highest BCUT2D eigenvalue weighted by molar-refractivity contribution is 14.0. The van der Waals surface area contributed by atoms with Gasteiger partial charge in [-0.25, -0.2) is 12.7 Å². The summed E-state index contributed by atoms with van der Waals surface area (Å²) in [5.41, 5.74) is 5.84. The van der Waals surface area contributed by atoms with Gasteiger partial charge < -0.3 is 11.1 Å². The van der Waals surface area contributed by atoms with E-state index in [0.29, 0.717) is 38.2 Å². The Balaban J connectivity index is 0.00000242. The molecule has 2 rings (SSSR count). The van der Waals surface area contributed by atoms with Crippen molar-refractivity contribution in [1.82, 2.24) is 14.5 Å². The van der Waals surface area contributed by atoms with Crippen molar-refractivity contribution in [3.8, 4) is 0 Å².